The van der Waals surface area contributed by atoms with Crippen molar-refractivity contribution in [3.8, 4) is 5.75 Å². The molecule has 0 aliphatic heterocycles. The molecule has 0 amide bonds. The number of esters is 1. The Bertz CT molecular complexity index is 351. The predicted molar refractivity (Wildman–Crippen MR) is 74.2 cm³/mol. The molecule has 5 heteroatoms. The van der Waals surface area contributed by atoms with E-state index in [0.717, 1.165) is 10.1 Å². The average Bonchev–Trinajstić information content (AvgIpc) is 2.28. The van der Waals surface area contributed by atoms with Crippen LogP contribution in [0, 0.1) is 3.57 Å². The summed E-state index contributed by atoms with van der Waals surface area (Å²) >= 11 is 2.21. The van der Waals surface area contributed by atoms with Crippen LogP contribution < -0.4 is 4.74 Å². The molecule has 0 aliphatic carbocycles. The Balaban J connectivity index is 2.21. The number of hydrogen-bond donors (Lipinski definition) is 0. The number of ether oxygens (including phenoxy) is 2. The summed E-state index contributed by atoms with van der Waals surface area (Å²) in [5, 5.41) is 0. The molecular formula is C12H16INO3. The van der Waals surface area contributed by atoms with Gasteiger partial charge in [-0.05, 0) is 61.0 Å². The first-order chi connectivity index (χ1) is 8.08. The maximum absolute atomic E-state index is 11.3. The van der Waals surface area contributed by atoms with Crippen LogP contribution in [0.1, 0.15) is 0 Å². The van der Waals surface area contributed by atoms with Gasteiger partial charge < -0.3 is 14.4 Å². The molecule has 1 aromatic carbocycles. The van der Waals surface area contributed by atoms with E-state index in [1.807, 2.05) is 43.3 Å². The first-order valence-electron chi connectivity index (χ1n) is 5.26. The number of carbonyl (C=O) groups is 1. The highest BCUT2D eigenvalue weighted by molar-refractivity contribution is 14.1. The molecule has 0 saturated heterocycles. The number of hydrogen-bond acceptors (Lipinski definition) is 4. The van der Waals surface area contributed by atoms with Crippen molar-refractivity contribution in [3.63, 3.8) is 0 Å². The van der Waals surface area contributed by atoms with E-state index in [1.165, 1.54) is 0 Å². The minimum atomic E-state index is -0.342. The molecule has 4 nitrogen and oxygen atoms in total. The van der Waals surface area contributed by atoms with Crippen LogP contribution in [0.2, 0.25) is 0 Å². The molecule has 0 aromatic heterocycles. The molecule has 0 saturated carbocycles. The molecule has 0 N–H and O–H groups in total. The highest BCUT2D eigenvalue weighted by Crippen LogP contribution is 2.13. The van der Waals surface area contributed by atoms with E-state index < -0.39 is 0 Å². The molecule has 0 unspecified atom stereocenters. The van der Waals surface area contributed by atoms with Crippen LogP contribution >= 0.6 is 22.6 Å². The smallest absolute Gasteiger partial charge is 0.344 e. The molecule has 1 aromatic rings. The van der Waals surface area contributed by atoms with E-state index in [4.69, 9.17) is 9.47 Å². The largest absolute Gasteiger partial charge is 0.482 e. The van der Waals surface area contributed by atoms with Gasteiger partial charge >= 0.3 is 5.97 Å². The summed E-state index contributed by atoms with van der Waals surface area (Å²) in [4.78, 5) is 13.2. The van der Waals surface area contributed by atoms with Crippen molar-refractivity contribution < 1.29 is 14.3 Å². The Labute approximate surface area is 115 Å². The van der Waals surface area contributed by atoms with Gasteiger partial charge in [-0.25, -0.2) is 4.79 Å². The van der Waals surface area contributed by atoms with E-state index in [9.17, 15) is 4.79 Å². The molecule has 0 fully saturated rings. The Morgan fingerprint density at radius 2 is 1.94 bits per heavy atom. The van der Waals surface area contributed by atoms with E-state index in [1.54, 1.807) is 0 Å². The quantitative estimate of drug-likeness (QED) is 0.580. The van der Waals surface area contributed by atoms with Crippen molar-refractivity contribution in [1.82, 2.24) is 4.90 Å². The summed E-state index contributed by atoms with van der Waals surface area (Å²) in [5.74, 6) is 0.334. The first-order valence-corrected chi connectivity index (χ1v) is 6.34. The Kier molecular flexibility index (Phi) is 6.28. The summed E-state index contributed by atoms with van der Waals surface area (Å²) in [7, 11) is 3.85. The number of halogens is 1. The lowest BCUT2D eigenvalue weighted by atomic mass is 10.3. The molecule has 0 spiro atoms. The van der Waals surface area contributed by atoms with Gasteiger partial charge in [-0.1, -0.05) is 0 Å². The molecule has 17 heavy (non-hydrogen) atoms. The van der Waals surface area contributed by atoms with E-state index in [-0.39, 0.29) is 12.6 Å². The fourth-order valence-electron chi connectivity index (χ4n) is 1.06. The lowest BCUT2D eigenvalue weighted by molar-refractivity contribution is -0.146. The number of benzene rings is 1. The van der Waals surface area contributed by atoms with Crippen LogP contribution in [-0.2, 0) is 9.53 Å². The molecule has 0 bridgehead atoms. The van der Waals surface area contributed by atoms with Crippen LogP contribution in [0.3, 0.4) is 0 Å². The summed E-state index contributed by atoms with van der Waals surface area (Å²) in [6.45, 7) is 1.06. The highest BCUT2D eigenvalue weighted by Gasteiger charge is 2.04. The third-order valence-electron chi connectivity index (χ3n) is 1.97. The summed E-state index contributed by atoms with van der Waals surface area (Å²) in [6.07, 6.45) is 0. The lowest BCUT2D eigenvalue weighted by Gasteiger charge is -2.10. The van der Waals surface area contributed by atoms with Crippen molar-refractivity contribution in [2.24, 2.45) is 0 Å². The minimum absolute atomic E-state index is 0.0476. The second-order valence-electron chi connectivity index (χ2n) is 3.77. The SMILES string of the molecule is CN(C)CCOC(=O)COc1ccc(I)cc1. The van der Waals surface area contributed by atoms with Crippen LogP contribution in [0.4, 0.5) is 0 Å². The normalized spacial score (nSPS) is 10.4. The van der Waals surface area contributed by atoms with Gasteiger partial charge in [-0.2, -0.15) is 0 Å². The molecular weight excluding hydrogens is 333 g/mol. The van der Waals surface area contributed by atoms with Gasteiger partial charge in [0, 0.05) is 10.1 Å². The number of carbonyl (C=O) groups excluding carboxylic acids is 1. The zero-order valence-corrected chi connectivity index (χ0v) is 12.1. The van der Waals surface area contributed by atoms with Crippen molar-refractivity contribution >= 4 is 28.6 Å². The van der Waals surface area contributed by atoms with E-state index in [0.29, 0.717) is 12.4 Å². The second-order valence-corrected chi connectivity index (χ2v) is 5.01. The van der Waals surface area contributed by atoms with Crippen molar-refractivity contribution in [1.29, 1.82) is 0 Å². The highest BCUT2D eigenvalue weighted by atomic mass is 127. The lowest BCUT2D eigenvalue weighted by Crippen LogP contribution is -2.22. The minimum Gasteiger partial charge on any atom is -0.482 e. The molecule has 1 rings (SSSR count). The monoisotopic (exact) mass is 349 g/mol. The maximum Gasteiger partial charge on any atom is 0.344 e. The van der Waals surface area contributed by atoms with Gasteiger partial charge in [0.2, 0.25) is 0 Å². The van der Waals surface area contributed by atoms with Crippen molar-refractivity contribution in [2.45, 2.75) is 0 Å². The zero-order valence-electron chi connectivity index (χ0n) is 9.98. The van der Waals surface area contributed by atoms with Gasteiger partial charge in [-0.15, -0.1) is 0 Å². The molecule has 0 radical (unpaired) electrons. The van der Waals surface area contributed by atoms with Crippen molar-refractivity contribution in [3.05, 3.63) is 27.8 Å². The summed E-state index contributed by atoms with van der Waals surface area (Å²) < 4.78 is 11.4. The fourth-order valence-corrected chi connectivity index (χ4v) is 1.42. The molecule has 0 heterocycles. The van der Waals surface area contributed by atoms with Crippen LogP contribution in [0.25, 0.3) is 0 Å². The molecule has 0 aliphatic rings. The van der Waals surface area contributed by atoms with Gasteiger partial charge in [-0.3, -0.25) is 0 Å². The Morgan fingerprint density at radius 1 is 1.29 bits per heavy atom. The fraction of sp³-hybridized carbons (Fsp3) is 0.417. The van der Waals surface area contributed by atoms with Crippen molar-refractivity contribution in [2.75, 3.05) is 33.9 Å². The Hall–Kier alpha value is -0.820. The molecule has 0 atom stereocenters. The third kappa shape index (κ3) is 6.48. The number of likely N-dealkylation sites (N-methyl/N-ethyl adjacent to an activating group) is 1. The van der Waals surface area contributed by atoms with Gasteiger partial charge in [0.15, 0.2) is 6.61 Å². The predicted octanol–water partition coefficient (Wildman–Crippen LogP) is 1.77. The van der Waals surface area contributed by atoms with Crippen LogP contribution in [0.15, 0.2) is 24.3 Å². The first kappa shape index (κ1) is 14.2. The Morgan fingerprint density at radius 3 is 2.53 bits per heavy atom. The summed E-state index contributed by atoms with van der Waals surface area (Å²) in [5.41, 5.74) is 0. The maximum atomic E-state index is 11.3. The average molecular weight is 349 g/mol. The van der Waals surface area contributed by atoms with Gasteiger partial charge in [0.25, 0.3) is 0 Å². The van der Waals surface area contributed by atoms with E-state index >= 15 is 0 Å². The summed E-state index contributed by atoms with van der Waals surface area (Å²) in [6, 6.07) is 7.50. The van der Waals surface area contributed by atoms with E-state index in [2.05, 4.69) is 22.6 Å². The zero-order chi connectivity index (χ0) is 12.7. The third-order valence-corrected chi connectivity index (χ3v) is 2.69. The number of nitrogens with zero attached hydrogens (tertiary/aromatic N) is 1. The van der Waals surface area contributed by atoms with Crippen LogP contribution in [0.5, 0.6) is 5.75 Å². The number of rotatable bonds is 6. The standard InChI is InChI=1S/C12H16INO3/c1-14(2)7-8-16-12(15)9-17-11-5-3-10(13)4-6-11/h3-6H,7-9H2,1-2H3. The van der Waals surface area contributed by atoms with Gasteiger partial charge in [0.05, 0.1) is 0 Å². The van der Waals surface area contributed by atoms with Crippen LogP contribution in [-0.4, -0.2) is 44.7 Å². The topological polar surface area (TPSA) is 38.8 Å². The second kappa shape index (κ2) is 7.50. The molecule has 94 valence electrons. The van der Waals surface area contributed by atoms with Gasteiger partial charge in [0.1, 0.15) is 12.4 Å².